The Balaban J connectivity index is 0.00000312. The van der Waals surface area contributed by atoms with E-state index >= 15 is 0 Å². The number of rotatable bonds is 7. The second kappa shape index (κ2) is 11.9. The molecule has 0 saturated carbocycles. The highest BCUT2D eigenvalue weighted by Crippen LogP contribution is 2.11. The summed E-state index contributed by atoms with van der Waals surface area (Å²) >= 11 is 5.78. The van der Waals surface area contributed by atoms with Crippen LogP contribution in [0.25, 0.3) is 0 Å². The molecule has 0 aliphatic rings. The number of aliphatic imine (C=N–C) groups is 1. The number of pyridine rings is 1. The van der Waals surface area contributed by atoms with Crippen molar-refractivity contribution in [1.82, 2.24) is 15.6 Å². The number of phenols is 1. The summed E-state index contributed by atoms with van der Waals surface area (Å²) < 4.78 is 0. The van der Waals surface area contributed by atoms with Crippen molar-refractivity contribution in [3.8, 4) is 5.75 Å². The number of hydrogen-bond acceptors (Lipinski definition) is 3. The fraction of sp³-hybridized carbons (Fsp3) is 0.333. The minimum absolute atomic E-state index is 0. The van der Waals surface area contributed by atoms with Crippen LogP contribution in [-0.2, 0) is 12.8 Å². The molecule has 0 spiro atoms. The van der Waals surface area contributed by atoms with Gasteiger partial charge in [0.1, 0.15) is 10.9 Å². The lowest BCUT2D eigenvalue weighted by molar-refractivity contribution is 0.474. The zero-order valence-electron chi connectivity index (χ0n) is 14.2. The van der Waals surface area contributed by atoms with Gasteiger partial charge in [-0.1, -0.05) is 29.8 Å². The number of benzene rings is 1. The first kappa shape index (κ1) is 21.5. The summed E-state index contributed by atoms with van der Waals surface area (Å²) in [5, 5.41) is 16.5. The van der Waals surface area contributed by atoms with Gasteiger partial charge < -0.3 is 15.7 Å². The molecule has 0 aliphatic heterocycles. The van der Waals surface area contributed by atoms with Gasteiger partial charge in [0.05, 0.1) is 0 Å². The van der Waals surface area contributed by atoms with Gasteiger partial charge in [-0.2, -0.15) is 0 Å². The molecule has 0 atom stereocenters. The smallest absolute Gasteiger partial charge is 0.191 e. The third-order valence-corrected chi connectivity index (χ3v) is 3.64. The normalized spacial score (nSPS) is 10.9. The van der Waals surface area contributed by atoms with Crippen LogP contribution in [0, 0.1) is 0 Å². The molecule has 0 amide bonds. The molecule has 5 nitrogen and oxygen atoms in total. The molecule has 7 heteroatoms. The van der Waals surface area contributed by atoms with Crippen LogP contribution in [0.15, 0.2) is 47.6 Å². The number of hydrogen-bond donors (Lipinski definition) is 3. The number of aromatic hydroxyl groups is 1. The number of phenolic OH excluding ortho intramolecular Hbond substituents is 1. The summed E-state index contributed by atoms with van der Waals surface area (Å²) in [5.41, 5.74) is 2.20. The number of nitrogens with zero attached hydrogens (tertiary/aromatic N) is 2. The predicted octanol–water partition coefficient (Wildman–Crippen LogP) is 3.40. The van der Waals surface area contributed by atoms with Crippen LogP contribution in [-0.4, -0.2) is 35.7 Å². The summed E-state index contributed by atoms with van der Waals surface area (Å²) in [6, 6.07) is 11.0. The van der Waals surface area contributed by atoms with E-state index in [-0.39, 0.29) is 29.7 Å². The molecular weight excluding hydrogens is 451 g/mol. The molecular formula is C18H24ClIN4O. The first-order valence-electron chi connectivity index (χ1n) is 8.08. The Labute approximate surface area is 170 Å². The first-order chi connectivity index (χ1) is 11.7. The summed E-state index contributed by atoms with van der Waals surface area (Å²) in [7, 11) is 0. The van der Waals surface area contributed by atoms with E-state index in [0.29, 0.717) is 11.7 Å². The van der Waals surface area contributed by atoms with Gasteiger partial charge in [0, 0.05) is 25.8 Å². The Morgan fingerprint density at radius 1 is 1.16 bits per heavy atom. The topological polar surface area (TPSA) is 69.5 Å². The summed E-state index contributed by atoms with van der Waals surface area (Å²) in [4.78, 5) is 8.63. The van der Waals surface area contributed by atoms with E-state index in [0.717, 1.165) is 43.0 Å². The second-order valence-electron chi connectivity index (χ2n) is 5.35. The monoisotopic (exact) mass is 474 g/mol. The molecule has 2 aromatic rings. The van der Waals surface area contributed by atoms with E-state index in [1.807, 2.05) is 25.1 Å². The van der Waals surface area contributed by atoms with Gasteiger partial charge in [-0.3, -0.25) is 4.99 Å². The van der Waals surface area contributed by atoms with Gasteiger partial charge in [0.25, 0.3) is 0 Å². The van der Waals surface area contributed by atoms with E-state index < -0.39 is 0 Å². The highest BCUT2D eigenvalue weighted by atomic mass is 127. The molecule has 0 fully saturated rings. The fourth-order valence-corrected chi connectivity index (χ4v) is 2.34. The van der Waals surface area contributed by atoms with Crippen molar-refractivity contribution < 1.29 is 5.11 Å². The molecule has 2 rings (SSSR count). The lowest BCUT2D eigenvalue weighted by Crippen LogP contribution is -2.38. The van der Waals surface area contributed by atoms with Crippen LogP contribution in [0.4, 0.5) is 0 Å². The van der Waals surface area contributed by atoms with E-state index in [1.165, 1.54) is 0 Å². The van der Waals surface area contributed by atoms with Crippen LogP contribution in [0.5, 0.6) is 5.75 Å². The van der Waals surface area contributed by atoms with Gasteiger partial charge in [0.15, 0.2) is 5.96 Å². The third kappa shape index (κ3) is 8.40. The van der Waals surface area contributed by atoms with E-state index in [4.69, 9.17) is 11.6 Å². The largest absolute Gasteiger partial charge is 0.508 e. The molecule has 0 radical (unpaired) electrons. The summed E-state index contributed by atoms with van der Waals surface area (Å²) in [5.74, 6) is 1.08. The highest BCUT2D eigenvalue weighted by molar-refractivity contribution is 14.0. The van der Waals surface area contributed by atoms with Crippen LogP contribution in [0.2, 0.25) is 5.15 Å². The minimum Gasteiger partial charge on any atom is -0.508 e. The minimum atomic E-state index is 0. The zero-order chi connectivity index (χ0) is 17.2. The molecule has 0 aliphatic carbocycles. The van der Waals surface area contributed by atoms with Crippen molar-refractivity contribution in [2.24, 2.45) is 4.99 Å². The number of halogens is 2. The molecule has 1 aromatic heterocycles. The van der Waals surface area contributed by atoms with Crippen molar-refractivity contribution in [3.05, 3.63) is 58.9 Å². The molecule has 0 bridgehead atoms. The Hall–Kier alpha value is -1.54. The van der Waals surface area contributed by atoms with Gasteiger partial charge in [-0.05, 0) is 49.1 Å². The molecule has 136 valence electrons. The van der Waals surface area contributed by atoms with E-state index in [1.54, 1.807) is 24.4 Å². The number of nitrogens with one attached hydrogen (secondary N) is 2. The lowest BCUT2D eigenvalue weighted by atomic mass is 10.1. The molecule has 0 unspecified atom stereocenters. The van der Waals surface area contributed by atoms with Crippen LogP contribution >= 0.6 is 35.6 Å². The Kier molecular flexibility index (Phi) is 10.3. The van der Waals surface area contributed by atoms with Crippen molar-refractivity contribution in [2.45, 2.75) is 19.8 Å². The average molecular weight is 475 g/mol. The Bertz CT molecular complexity index is 664. The van der Waals surface area contributed by atoms with Crippen molar-refractivity contribution >= 4 is 41.5 Å². The van der Waals surface area contributed by atoms with Gasteiger partial charge in [0.2, 0.25) is 0 Å². The number of guanidine groups is 1. The van der Waals surface area contributed by atoms with Crippen molar-refractivity contribution in [1.29, 1.82) is 0 Å². The zero-order valence-corrected chi connectivity index (χ0v) is 17.3. The van der Waals surface area contributed by atoms with E-state index in [2.05, 4.69) is 20.6 Å². The second-order valence-corrected chi connectivity index (χ2v) is 5.73. The van der Waals surface area contributed by atoms with Crippen LogP contribution < -0.4 is 10.6 Å². The number of aromatic nitrogens is 1. The van der Waals surface area contributed by atoms with Gasteiger partial charge >= 0.3 is 0 Å². The lowest BCUT2D eigenvalue weighted by Gasteiger charge is -2.11. The maximum absolute atomic E-state index is 9.47. The summed E-state index contributed by atoms with van der Waals surface area (Å²) in [6.07, 6.45) is 3.42. The third-order valence-electron chi connectivity index (χ3n) is 3.42. The molecule has 0 saturated heterocycles. The van der Waals surface area contributed by atoms with Gasteiger partial charge in [-0.25, -0.2) is 4.98 Å². The highest BCUT2D eigenvalue weighted by Gasteiger charge is 1.99. The molecule has 1 heterocycles. The van der Waals surface area contributed by atoms with Crippen molar-refractivity contribution in [3.63, 3.8) is 0 Å². The van der Waals surface area contributed by atoms with Crippen molar-refractivity contribution in [2.75, 3.05) is 19.6 Å². The average Bonchev–Trinajstić information content (AvgIpc) is 2.57. The molecule has 3 N–H and O–H groups in total. The Morgan fingerprint density at radius 2 is 2.00 bits per heavy atom. The predicted molar refractivity (Wildman–Crippen MR) is 114 cm³/mol. The fourth-order valence-electron chi connectivity index (χ4n) is 2.23. The maximum Gasteiger partial charge on any atom is 0.191 e. The maximum atomic E-state index is 9.47. The molecule has 1 aromatic carbocycles. The quantitative estimate of drug-likeness (QED) is 0.249. The molecule has 25 heavy (non-hydrogen) atoms. The van der Waals surface area contributed by atoms with E-state index in [9.17, 15) is 5.11 Å². The standard InChI is InChI=1S/C18H23ClN4O.HI/c1-2-20-18(21-10-8-14-4-3-5-16(24)12-14)22-11-9-15-6-7-17(19)23-13-15;/h3-7,12-13,24H,2,8-11H2,1H3,(H2,20,21,22);1H. The first-order valence-corrected chi connectivity index (χ1v) is 8.45. The van der Waals surface area contributed by atoms with Gasteiger partial charge in [-0.15, -0.1) is 24.0 Å². The Morgan fingerprint density at radius 3 is 2.68 bits per heavy atom. The summed E-state index contributed by atoms with van der Waals surface area (Å²) in [6.45, 7) is 4.26. The van der Waals surface area contributed by atoms with Crippen LogP contribution in [0.1, 0.15) is 18.1 Å². The SMILES string of the molecule is CCNC(=NCCc1cccc(O)c1)NCCc1ccc(Cl)nc1.I. The van der Waals surface area contributed by atoms with Crippen LogP contribution in [0.3, 0.4) is 0 Å².